The van der Waals surface area contributed by atoms with Gasteiger partial charge in [0.15, 0.2) is 0 Å². The zero-order chi connectivity index (χ0) is 24.1. The number of likely N-dealkylation sites (N-methyl/N-ethyl adjacent to an activating group) is 1. The molecule has 3 aromatic rings. The lowest BCUT2D eigenvalue weighted by molar-refractivity contribution is -0.126. The number of fused-ring (bicyclic) bond motifs is 1. The number of carbonyl (C=O) groups excluding carboxylic acids is 2. The third kappa shape index (κ3) is 5.99. The fourth-order valence-electron chi connectivity index (χ4n) is 4.71. The number of likely N-dealkylation sites (tertiary alicyclic amines) is 1. The summed E-state index contributed by atoms with van der Waals surface area (Å²) in [4.78, 5) is 33.0. The first-order valence-corrected chi connectivity index (χ1v) is 12.4. The fourth-order valence-corrected chi connectivity index (χ4v) is 4.89. The molecule has 7 heteroatoms. The monoisotopic (exact) mass is 480 g/mol. The van der Waals surface area contributed by atoms with Crippen molar-refractivity contribution in [2.75, 3.05) is 33.2 Å². The molecule has 1 aromatic heterocycles. The number of aromatic amines is 1. The molecular weight excluding hydrogens is 448 g/mol. The molecule has 1 aliphatic rings. The zero-order valence-corrected chi connectivity index (χ0v) is 20.6. The predicted octanol–water partition coefficient (Wildman–Crippen LogP) is 4.56. The van der Waals surface area contributed by atoms with Gasteiger partial charge in [-0.1, -0.05) is 48.9 Å². The van der Waals surface area contributed by atoms with Gasteiger partial charge in [0.25, 0.3) is 5.91 Å². The van der Waals surface area contributed by atoms with Gasteiger partial charge in [0.1, 0.15) is 5.69 Å². The molecule has 0 aliphatic carbocycles. The van der Waals surface area contributed by atoms with Gasteiger partial charge in [0, 0.05) is 54.6 Å². The van der Waals surface area contributed by atoms with E-state index in [0.29, 0.717) is 30.4 Å². The molecule has 2 heterocycles. The number of amides is 2. The van der Waals surface area contributed by atoms with E-state index in [4.69, 9.17) is 11.6 Å². The number of nitrogens with zero attached hydrogens (tertiary/aromatic N) is 2. The normalized spacial score (nSPS) is 15.6. The van der Waals surface area contributed by atoms with Crippen LogP contribution in [0.5, 0.6) is 0 Å². The number of hydrogen-bond donors (Lipinski definition) is 2. The number of aromatic nitrogens is 1. The summed E-state index contributed by atoms with van der Waals surface area (Å²) in [6.07, 6.45) is 1.67. The highest BCUT2D eigenvalue weighted by Gasteiger charge is 2.30. The molecule has 1 atom stereocenters. The Labute approximate surface area is 206 Å². The van der Waals surface area contributed by atoms with Gasteiger partial charge in [-0.05, 0) is 55.6 Å². The minimum atomic E-state index is -0.0631. The van der Waals surface area contributed by atoms with Crippen molar-refractivity contribution in [1.82, 2.24) is 20.1 Å². The first-order chi connectivity index (χ1) is 16.4. The molecule has 2 amide bonds. The quantitative estimate of drug-likeness (QED) is 0.496. The van der Waals surface area contributed by atoms with E-state index in [0.717, 1.165) is 36.8 Å². The average molecular weight is 481 g/mol. The van der Waals surface area contributed by atoms with Gasteiger partial charge in [0.05, 0.1) is 0 Å². The van der Waals surface area contributed by atoms with E-state index in [1.165, 1.54) is 5.56 Å². The van der Waals surface area contributed by atoms with E-state index in [1.807, 2.05) is 54.3 Å². The standard InChI is InChI=1S/C27H33ClN4O2/c1-19(26(33)29-12-15-31(2)18-20-6-4-3-5-7-20)21-10-13-32(14-11-21)27(34)25-17-22-16-23(28)8-9-24(22)30-25/h3-9,16-17,19,21,30H,10-15,18H2,1-2H3,(H,29,33). The second kappa shape index (κ2) is 11.1. The second-order valence-corrected chi connectivity index (χ2v) is 9.78. The van der Waals surface area contributed by atoms with Crippen LogP contribution in [0, 0.1) is 11.8 Å². The molecular formula is C27H33ClN4O2. The Hall–Kier alpha value is -2.83. The minimum absolute atomic E-state index is 0.00401. The van der Waals surface area contributed by atoms with E-state index in [1.54, 1.807) is 0 Å². The number of rotatable bonds is 8. The van der Waals surface area contributed by atoms with Crippen LogP contribution in [-0.4, -0.2) is 59.8 Å². The molecule has 1 fully saturated rings. The molecule has 180 valence electrons. The Kier molecular flexibility index (Phi) is 7.91. The van der Waals surface area contributed by atoms with Gasteiger partial charge >= 0.3 is 0 Å². The third-order valence-electron chi connectivity index (χ3n) is 6.85. The maximum atomic E-state index is 13.0. The first kappa shape index (κ1) is 24.3. The van der Waals surface area contributed by atoms with Gasteiger partial charge in [-0.15, -0.1) is 0 Å². The van der Waals surface area contributed by atoms with Gasteiger partial charge in [-0.25, -0.2) is 0 Å². The number of hydrogen-bond acceptors (Lipinski definition) is 3. The molecule has 0 saturated carbocycles. The van der Waals surface area contributed by atoms with E-state index < -0.39 is 0 Å². The van der Waals surface area contributed by atoms with E-state index in [9.17, 15) is 9.59 Å². The molecule has 0 spiro atoms. The highest BCUT2D eigenvalue weighted by atomic mass is 35.5. The van der Waals surface area contributed by atoms with Crippen LogP contribution >= 0.6 is 11.6 Å². The summed E-state index contributed by atoms with van der Waals surface area (Å²) in [6.45, 7) is 5.63. The van der Waals surface area contributed by atoms with Gasteiger partial charge in [0.2, 0.25) is 5.91 Å². The highest BCUT2D eigenvalue weighted by Crippen LogP contribution is 2.27. The van der Waals surface area contributed by atoms with Crippen molar-refractivity contribution in [3.8, 4) is 0 Å². The van der Waals surface area contributed by atoms with Crippen LogP contribution in [0.2, 0.25) is 5.02 Å². The largest absolute Gasteiger partial charge is 0.355 e. The Morgan fingerprint density at radius 3 is 2.62 bits per heavy atom. The molecule has 1 unspecified atom stereocenters. The summed E-state index contributed by atoms with van der Waals surface area (Å²) < 4.78 is 0. The molecule has 4 rings (SSSR count). The topological polar surface area (TPSA) is 68.4 Å². The van der Waals surface area contributed by atoms with Crippen molar-refractivity contribution >= 4 is 34.3 Å². The van der Waals surface area contributed by atoms with Crippen LogP contribution in [0.15, 0.2) is 54.6 Å². The molecule has 0 radical (unpaired) electrons. The second-order valence-electron chi connectivity index (χ2n) is 9.35. The maximum absolute atomic E-state index is 13.0. The van der Waals surface area contributed by atoms with Crippen LogP contribution in [0.3, 0.4) is 0 Å². The summed E-state index contributed by atoms with van der Waals surface area (Å²) in [5, 5.41) is 4.69. The smallest absolute Gasteiger partial charge is 0.270 e. The molecule has 1 saturated heterocycles. The van der Waals surface area contributed by atoms with Gasteiger partial charge in [-0.2, -0.15) is 0 Å². The Balaban J connectivity index is 1.21. The van der Waals surface area contributed by atoms with Crippen LogP contribution in [-0.2, 0) is 11.3 Å². The van der Waals surface area contributed by atoms with Gasteiger partial charge < -0.3 is 20.1 Å². The maximum Gasteiger partial charge on any atom is 0.270 e. The SMILES string of the molecule is CC(C(=O)NCCN(C)Cc1ccccc1)C1CCN(C(=O)c2cc3cc(Cl)ccc3[nH]2)CC1. The number of H-pyrrole nitrogens is 1. The summed E-state index contributed by atoms with van der Waals surface area (Å²) in [6, 6.07) is 17.8. The fraction of sp³-hybridized carbons (Fsp3) is 0.407. The molecule has 6 nitrogen and oxygen atoms in total. The third-order valence-corrected chi connectivity index (χ3v) is 7.08. The molecule has 1 aliphatic heterocycles. The molecule has 0 bridgehead atoms. The lowest BCUT2D eigenvalue weighted by Gasteiger charge is -2.34. The molecule has 34 heavy (non-hydrogen) atoms. The van der Waals surface area contributed by atoms with Crippen molar-refractivity contribution in [1.29, 1.82) is 0 Å². The Bertz CT molecular complexity index is 1120. The molecule has 2 N–H and O–H groups in total. The van der Waals surface area contributed by atoms with Crippen molar-refractivity contribution in [3.05, 3.63) is 70.9 Å². The zero-order valence-electron chi connectivity index (χ0n) is 19.9. The van der Waals surface area contributed by atoms with Crippen molar-refractivity contribution in [2.45, 2.75) is 26.3 Å². The average Bonchev–Trinajstić information content (AvgIpc) is 3.27. The lowest BCUT2D eigenvalue weighted by atomic mass is 9.84. The number of carbonyl (C=O) groups is 2. The van der Waals surface area contributed by atoms with Crippen LogP contribution in [0.4, 0.5) is 0 Å². The van der Waals surface area contributed by atoms with Crippen molar-refractivity contribution in [2.24, 2.45) is 11.8 Å². The number of benzene rings is 2. The van der Waals surface area contributed by atoms with E-state index in [2.05, 4.69) is 34.4 Å². The summed E-state index contributed by atoms with van der Waals surface area (Å²) in [5.41, 5.74) is 2.76. The summed E-state index contributed by atoms with van der Waals surface area (Å²) in [5.74, 6) is 0.328. The lowest BCUT2D eigenvalue weighted by Crippen LogP contribution is -2.43. The Morgan fingerprint density at radius 2 is 1.88 bits per heavy atom. The summed E-state index contributed by atoms with van der Waals surface area (Å²) >= 11 is 6.06. The number of nitrogens with one attached hydrogen (secondary N) is 2. The highest BCUT2D eigenvalue weighted by molar-refractivity contribution is 6.31. The van der Waals surface area contributed by atoms with Crippen molar-refractivity contribution < 1.29 is 9.59 Å². The number of halogens is 1. The Morgan fingerprint density at radius 1 is 1.15 bits per heavy atom. The molecule has 2 aromatic carbocycles. The van der Waals surface area contributed by atoms with Crippen molar-refractivity contribution in [3.63, 3.8) is 0 Å². The minimum Gasteiger partial charge on any atom is -0.355 e. The van der Waals surface area contributed by atoms with Crippen LogP contribution < -0.4 is 5.32 Å². The van der Waals surface area contributed by atoms with Crippen LogP contribution in [0.25, 0.3) is 10.9 Å². The van der Waals surface area contributed by atoms with E-state index in [-0.39, 0.29) is 23.7 Å². The first-order valence-electron chi connectivity index (χ1n) is 12.0. The number of piperidine rings is 1. The van der Waals surface area contributed by atoms with Crippen LogP contribution in [0.1, 0.15) is 35.8 Å². The summed E-state index contributed by atoms with van der Waals surface area (Å²) in [7, 11) is 2.07. The van der Waals surface area contributed by atoms with E-state index >= 15 is 0 Å². The predicted molar refractivity (Wildman–Crippen MR) is 137 cm³/mol. The van der Waals surface area contributed by atoms with Gasteiger partial charge in [-0.3, -0.25) is 9.59 Å².